The van der Waals surface area contributed by atoms with Gasteiger partial charge in [-0.2, -0.15) is 5.10 Å². The van der Waals surface area contributed by atoms with Crippen molar-refractivity contribution in [2.24, 2.45) is 5.10 Å². The minimum absolute atomic E-state index is 0.123. The van der Waals surface area contributed by atoms with E-state index in [1.165, 1.54) is 0 Å². The van der Waals surface area contributed by atoms with E-state index in [1.54, 1.807) is 0 Å². The Morgan fingerprint density at radius 3 is 2.40 bits per heavy atom. The van der Waals surface area contributed by atoms with E-state index >= 15 is 0 Å². The molecule has 2 rings (SSSR count). The normalized spacial score (nSPS) is 11.2. The van der Waals surface area contributed by atoms with Gasteiger partial charge in [-0.05, 0) is 30.2 Å². The molecule has 20 heavy (non-hydrogen) atoms. The summed E-state index contributed by atoms with van der Waals surface area (Å²) in [5.41, 5.74) is 5.32. The molecule has 0 aliphatic heterocycles. The first-order valence-electron chi connectivity index (χ1n) is 6.28. The number of rotatable bonds is 4. The molecule has 0 bridgehead atoms. The van der Waals surface area contributed by atoms with Gasteiger partial charge in [0.2, 0.25) is 5.91 Å². The average molecular weight is 331 g/mol. The van der Waals surface area contributed by atoms with Crippen LogP contribution in [0.15, 0.2) is 64.2 Å². The number of hydrazone groups is 1. The van der Waals surface area contributed by atoms with Gasteiger partial charge in [0, 0.05) is 4.47 Å². The molecule has 2 aromatic carbocycles. The molecule has 1 N–H and O–H groups in total. The zero-order valence-electron chi connectivity index (χ0n) is 11.1. The second kappa shape index (κ2) is 7.01. The quantitative estimate of drug-likeness (QED) is 0.676. The highest BCUT2D eigenvalue weighted by Gasteiger charge is 2.03. The zero-order chi connectivity index (χ0) is 14.4. The van der Waals surface area contributed by atoms with Crippen molar-refractivity contribution in [2.75, 3.05) is 0 Å². The fourth-order valence-electron chi connectivity index (χ4n) is 1.72. The number of nitrogens with zero attached hydrogens (tertiary/aromatic N) is 1. The Bertz CT molecular complexity index is 606. The maximum Gasteiger partial charge on any atom is 0.244 e. The molecule has 0 fully saturated rings. The molecule has 4 heteroatoms. The molecule has 102 valence electrons. The van der Waals surface area contributed by atoms with Gasteiger partial charge in [0.15, 0.2) is 0 Å². The lowest BCUT2D eigenvalue weighted by atomic mass is 10.1. The van der Waals surface area contributed by atoms with Gasteiger partial charge >= 0.3 is 0 Å². The Labute approximate surface area is 126 Å². The first kappa shape index (κ1) is 14.5. The second-order valence-corrected chi connectivity index (χ2v) is 5.32. The van der Waals surface area contributed by atoms with E-state index in [2.05, 4.69) is 26.5 Å². The van der Waals surface area contributed by atoms with Crippen molar-refractivity contribution in [1.82, 2.24) is 5.43 Å². The molecule has 0 spiro atoms. The number of carbonyl (C=O) groups is 1. The zero-order valence-corrected chi connectivity index (χ0v) is 12.7. The van der Waals surface area contributed by atoms with Gasteiger partial charge in [-0.15, -0.1) is 0 Å². The van der Waals surface area contributed by atoms with Crippen molar-refractivity contribution in [3.05, 3.63) is 70.2 Å². The van der Waals surface area contributed by atoms with Crippen LogP contribution < -0.4 is 5.43 Å². The van der Waals surface area contributed by atoms with E-state index in [1.807, 2.05) is 61.5 Å². The highest BCUT2D eigenvalue weighted by Crippen LogP contribution is 2.10. The van der Waals surface area contributed by atoms with Crippen molar-refractivity contribution in [2.45, 2.75) is 13.3 Å². The van der Waals surface area contributed by atoms with Crippen LogP contribution in [-0.4, -0.2) is 11.6 Å². The van der Waals surface area contributed by atoms with Gasteiger partial charge in [0.1, 0.15) is 0 Å². The van der Waals surface area contributed by atoms with Crippen LogP contribution in [0.5, 0.6) is 0 Å². The van der Waals surface area contributed by atoms with Gasteiger partial charge in [-0.3, -0.25) is 4.79 Å². The number of nitrogens with one attached hydrogen (secondary N) is 1. The second-order valence-electron chi connectivity index (χ2n) is 4.40. The van der Waals surface area contributed by atoms with Crippen LogP contribution in [0.4, 0.5) is 0 Å². The van der Waals surface area contributed by atoms with Gasteiger partial charge < -0.3 is 0 Å². The van der Waals surface area contributed by atoms with Crippen LogP contribution >= 0.6 is 15.9 Å². The number of hydrogen-bond donors (Lipinski definition) is 1. The van der Waals surface area contributed by atoms with E-state index in [4.69, 9.17) is 0 Å². The fraction of sp³-hybridized carbons (Fsp3) is 0.125. The monoisotopic (exact) mass is 330 g/mol. The third-order valence-electron chi connectivity index (χ3n) is 2.82. The van der Waals surface area contributed by atoms with Crippen LogP contribution in [-0.2, 0) is 11.2 Å². The summed E-state index contributed by atoms with van der Waals surface area (Å²) < 4.78 is 1.000. The van der Waals surface area contributed by atoms with Gasteiger partial charge in [0.05, 0.1) is 12.1 Å². The molecule has 0 aliphatic rings. The Kier molecular flexibility index (Phi) is 5.07. The summed E-state index contributed by atoms with van der Waals surface area (Å²) in [5.74, 6) is -0.123. The molecule has 0 unspecified atom stereocenters. The number of amides is 1. The van der Waals surface area contributed by atoms with E-state index in [0.29, 0.717) is 6.42 Å². The van der Waals surface area contributed by atoms with Crippen LogP contribution in [0, 0.1) is 0 Å². The Morgan fingerprint density at radius 2 is 1.75 bits per heavy atom. The smallest absolute Gasteiger partial charge is 0.244 e. The van der Waals surface area contributed by atoms with Gasteiger partial charge in [0.25, 0.3) is 0 Å². The lowest BCUT2D eigenvalue weighted by Gasteiger charge is -2.03. The van der Waals surface area contributed by atoms with Crippen LogP contribution in [0.1, 0.15) is 18.1 Å². The SMILES string of the molecule is C/C(=N/NC(=O)Cc1ccc(Br)cc1)c1ccccc1. The van der Waals surface area contributed by atoms with E-state index in [-0.39, 0.29) is 5.91 Å². The Hall–Kier alpha value is -1.94. The van der Waals surface area contributed by atoms with Crippen molar-refractivity contribution in [3.63, 3.8) is 0 Å². The number of benzene rings is 2. The average Bonchev–Trinajstić information content (AvgIpc) is 2.48. The van der Waals surface area contributed by atoms with Gasteiger partial charge in [-0.1, -0.05) is 58.4 Å². The van der Waals surface area contributed by atoms with E-state index < -0.39 is 0 Å². The molecular weight excluding hydrogens is 316 g/mol. The topological polar surface area (TPSA) is 41.5 Å². The lowest BCUT2D eigenvalue weighted by molar-refractivity contribution is -0.120. The summed E-state index contributed by atoms with van der Waals surface area (Å²) in [6, 6.07) is 17.4. The highest BCUT2D eigenvalue weighted by molar-refractivity contribution is 9.10. The number of hydrogen-bond acceptors (Lipinski definition) is 2. The maximum atomic E-state index is 11.8. The minimum Gasteiger partial charge on any atom is -0.273 e. The molecule has 0 atom stereocenters. The Morgan fingerprint density at radius 1 is 1.10 bits per heavy atom. The van der Waals surface area contributed by atoms with E-state index in [9.17, 15) is 4.79 Å². The largest absolute Gasteiger partial charge is 0.273 e. The molecule has 0 radical (unpaired) electrons. The summed E-state index contributed by atoms with van der Waals surface area (Å²) in [6.07, 6.45) is 0.318. The predicted octanol–water partition coefficient (Wildman–Crippen LogP) is 3.53. The van der Waals surface area contributed by atoms with Crippen LogP contribution in [0.3, 0.4) is 0 Å². The highest BCUT2D eigenvalue weighted by atomic mass is 79.9. The fourth-order valence-corrected chi connectivity index (χ4v) is 1.98. The molecule has 1 amide bonds. The standard InChI is InChI=1S/C16H15BrN2O/c1-12(14-5-3-2-4-6-14)18-19-16(20)11-13-7-9-15(17)10-8-13/h2-10H,11H2,1H3,(H,19,20)/b18-12-. The molecule has 2 aromatic rings. The molecule has 3 nitrogen and oxygen atoms in total. The summed E-state index contributed by atoms with van der Waals surface area (Å²) in [5, 5.41) is 4.12. The first-order chi connectivity index (χ1) is 9.65. The summed E-state index contributed by atoms with van der Waals surface area (Å²) in [4.78, 5) is 11.8. The van der Waals surface area contributed by atoms with Crippen molar-refractivity contribution < 1.29 is 4.79 Å². The van der Waals surface area contributed by atoms with Crippen molar-refractivity contribution >= 4 is 27.5 Å². The summed E-state index contributed by atoms with van der Waals surface area (Å²) in [7, 11) is 0. The van der Waals surface area contributed by atoms with Crippen LogP contribution in [0.2, 0.25) is 0 Å². The molecule has 0 aromatic heterocycles. The lowest BCUT2D eigenvalue weighted by Crippen LogP contribution is -2.21. The van der Waals surface area contributed by atoms with E-state index in [0.717, 1.165) is 21.3 Å². The number of carbonyl (C=O) groups excluding carboxylic acids is 1. The van der Waals surface area contributed by atoms with Gasteiger partial charge in [-0.25, -0.2) is 5.43 Å². The van der Waals surface area contributed by atoms with Crippen molar-refractivity contribution in [1.29, 1.82) is 0 Å². The third kappa shape index (κ3) is 4.31. The summed E-state index contributed by atoms with van der Waals surface area (Å²) in [6.45, 7) is 1.87. The van der Waals surface area contributed by atoms with Crippen LogP contribution in [0.25, 0.3) is 0 Å². The Balaban J connectivity index is 1.93. The molecule has 0 saturated heterocycles. The molecular formula is C16H15BrN2O. The molecule has 0 aliphatic carbocycles. The minimum atomic E-state index is -0.123. The first-order valence-corrected chi connectivity index (χ1v) is 7.07. The predicted molar refractivity (Wildman–Crippen MR) is 84.6 cm³/mol. The van der Waals surface area contributed by atoms with Crippen molar-refractivity contribution in [3.8, 4) is 0 Å². The molecule has 0 heterocycles. The molecule has 0 saturated carbocycles. The summed E-state index contributed by atoms with van der Waals surface area (Å²) >= 11 is 3.36. The third-order valence-corrected chi connectivity index (χ3v) is 3.35. The maximum absolute atomic E-state index is 11.8. The number of halogens is 1.